The minimum atomic E-state index is -0.0758. The van der Waals surface area contributed by atoms with Crippen LogP contribution in [0.3, 0.4) is 0 Å². The van der Waals surface area contributed by atoms with Crippen LogP contribution in [0.5, 0.6) is 17.2 Å². The van der Waals surface area contributed by atoms with Crippen LogP contribution in [-0.4, -0.2) is 19.7 Å². The van der Waals surface area contributed by atoms with Gasteiger partial charge in [0.1, 0.15) is 5.75 Å². The summed E-state index contributed by atoms with van der Waals surface area (Å²) in [6.45, 7) is 0.199. The van der Waals surface area contributed by atoms with Crippen LogP contribution < -0.4 is 14.2 Å². The fourth-order valence-electron chi connectivity index (χ4n) is 2.79. The molecular weight excluding hydrogens is 316 g/mol. The molecule has 0 saturated carbocycles. The van der Waals surface area contributed by atoms with Gasteiger partial charge < -0.3 is 14.2 Å². The number of ether oxygens (including phenoxy) is 3. The predicted molar refractivity (Wildman–Crippen MR) is 96.4 cm³/mol. The Hall–Kier alpha value is -3.27. The minimum absolute atomic E-state index is 0.0758. The number of ketones is 1. The summed E-state index contributed by atoms with van der Waals surface area (Å²) in [7, 11) is 1.65. The van der Waals surface area contributed by atoms with Gasteiger partial charge in [-0.2, -0.15) is 0 Å². The molecule has 0 aromatic heterocycles. The van der Waals surface area contributed by atoms with Crippen molar-refractivity contribution in [1.29, 1.82) is 0 Å². The number of rotatable bonds is 4. The van der Waals surface area contributed by atoms with Crippen molar-refractivity contribution in [2.45, 2.75) is 0 Å². The smallest absolute Gasteiger partial charge is 0.231 e. The first-order chi connectivity index (χ1) is 12.2. The molecule has 4 heteroatoms. The highest BCUT2D eigenvalue weighted by atomic mass is 16.7. The topological polar surface area (TPSA) is 44.8 Å². The third-order valence-electron chi connectivity index (χ3n) is 4.16. The lowest BCUT2D eigenvalue weighted by atomic mass is 10.0. The van der Waals surface area contributed by atoms with E-state index in [2.05, 4.69) is 0 Å². The van der Waals surface area contributed by atoms with Crippen molar-refractivity contribution in [2.75, 3.05) is 13.9 Å². The first-order valence-corrected chi connectivity index (χ1v) is 7.93. The van der Waals surface area contributed by atoms with Crippen LogP contribution in [0.2, 0.25) is 0 Å². The zero-order valence-corrected chi connectivity index (χ0v) is 13.7. The quantitative estimate of drug-likeness (QED) is 0.522. The molecule has 1 heterocycles. The molecule has 1 aliphatic heterocycles. The zero-order chi connectivity index (χ0) is 17.2. The number of hydrogen-bond acceptors (Lipinski definition) is 4. The third kappa shape index (κ3) is 3.06. The van der Waals surface area contributed by atoms with Crippen molar-refractivity contribution in [1.82, 2.24) is 0 Å². The summed E-state index contributed by atoms with van der Waals surface area (Å²) >= 11 is 0. The van der Waals surface area contributed by atoms with E-state index in [4.69, 9.17) is 14.2 Å². The first kappa shape index (κ1) is 15.3. The number of benzene rings is 3. The van der Waals surface area contributed by atoms with Gasteiger partial charge in [-0.25, -0.2) is 0 Å². The summed E-state index contributed by atoms with van der Waals surface area (Å²) in [6, 6.07) is 17.2. The summed E-state index contributed by atoms with van der Waals surface area (Å²) < 4.78 is 15.8. The molecule has 0 atom stereocenters. The monoisotopic (exact) mass is 332 g/mol. The minimum Gasteiger partial charge on any atom is -0.497 e. The Morgan fingerprint density at radius 2 is 1.76 bits per heavy atom. The van der Waals surface area contributed by atoms with Gasteiger partial charge in [-0.15, -0.1) is 0 Å². The van der Waals surface area contributed by atoms with Crippen LogP contribution in [0.25, 0.3) is 16.8 Å². The summed E-state index contributed by atoms with van der Waals surface area (Å²) in [5, 5.41) is 2.19. The molecule has 0 radical (unpaired) electrons. The average Bonchev–Trinajstić information content (AvgIpc) is 3.13. The number of carbonyl (C=O) groups excluding carboxylic acids is 1. The number of carbonyl (C=O) groups is 1. The molecule has 0 amide bonds. The van der Waals surface area contributed by atoms with Crippen molar-refractivity contribution < 1.29 is 19.0 Å². The highest BCUT2D eigenvalue weighted by Gasteiger charge is 2.15. The van der Waals surface area contributed by atoms with Gasteiger partial charge in [0.05, 0.1) is 7.11 Å². The number of methoxy groups -OCH3 is 1. The summed E-state index contributed by atoms with van der Waals surface area (Å²) in [5.41, 5.74) is 1.54. The van der Waals surface area contributed by atoms with Gasteiger partial charge in [0, 0.05) is 5.56 Å². The lowest BCUT2D eigenvalue weighted by Gasteiger charge is -2.03. The predicted octanol–water partition coefficient (Wildman–Crippen LogP) is 4.47. The van der Waals surface area contributed by atoms with Gasteiger partial charge in [-0.3, -0.25) is 4.79 Å². The molecule has 0 N–H and O–H groups in total. The van der Waals surface area contributed by atoms with Crippen LogP contribution in [-0.2, 0) is 0 Å². The molecule has 1 aliphatic rings. The SMILES string of the molecule is COc1ccc2cc(C=CC(=O)c3ccc4c(c3)OCO4)ccc2c1. The molecule has 0 fully saturated rings. The number of hydrogen-bond donors (Lipinski definition) is 0. The van der Waals surface area contributed by atoms with E-state index in [-0.39, 0.29) is 12.6 Å². The zero-order valence-electron chi connectivity index (χ0n) is 13.7. The van der Waals surface area contributed by atoms with Crippen LogP contribution in [0.4, 0.5) is 0 Å². The van der Waals surface area contributed by atoms with Crippen LogP contribution in [0, 0.1) is 0 Å². The molecule has 3 aromatic rings. The maximum absolute atomic E-state index is 12.4. The van der Waals surface area contributed by atoms with Gasteiger partial charge in [-0.1, -0.05) is 24.3 Å². The summed E-state index contributed by atoms with van der Waals surface area (Å²) in [6.07, 6.45) is 3.39. The second kappa shape index (κ2) is 6.32. The fraction of sp³-hybridized carbons (Fsp3) is 0.0952. The Labute approximate surface area is 145 Å². The Balaban J connectivity index is 1.56. The van der Waals surface area contributed by atoms with E-state index >= 15 is 0 Å². The van der Waals surface area contributed by atoms with E-state index in [0.29, 0.717) is 17.1 Å². The second-order valence-electron chi connectivity index (χ2n) is 5.74. The van der Waals surface area contributed by atoms with Crippen molar-refractivity contribution in [3.63, 3.8) is 0 Å². The third-order valence-corrected chi connectivity index (χ3v) is 4.16. The van der Waals surface area contributed by atoms with E-state index in [1.807, 2.05) is 42.5 Å². The second-order valence-corrected chi connectivity index (χ2v) is 5.74. The summed E-state index contributed by atoms with van der Waals surface area (Å²) in [4.78, 5) is 12.4. The highest BCUT2D eigenvalue weighted by molar-refractivity contribution is 6.07. The molecule has 4 rings (SSSR count). The molecule has 0 saturated heterocycles. The van der Waals surface area contributed by atoms with Crippen LogP contribution >= 0.6 is 0 Å². The summed E-state index contributed by atoms with van der Waals surface area (Å²) in [5.74, 6) is 2.03. The van der Waals surface area contributed by atoms with E-state index in [9.17, 15) is 4.79 Å². The molecule has 0 aliphatic carbocycles. The number of allylic oxidation sites excluding steroid dienone is 1. The maximum Gasteiger partial charge on any atom is 0.231 e. The van der Waals surface area contributed by atoms with Crippen molar-refractivity contribution in [3.05, 3.63) is 71.8 Å². The van der Waals surface area contributed by atoms with E-state index in [0.717, 1.165) is 22.1 Å². The van der Waals surface area contributed by atoms with Crippen molar-refractivity contribution in [3.8, 4) is 17.2 Å². The molecule has 0 bridgehead atoms. The van der Waals surface area contributed by atoms with Gasteiger partial charge in [0.15, 0.2) is 17.3 Å². The molecule has 25 heavy (non-hydrogen) atoms. The normalized spacial score (nSPS) is 12.7. The van der Waals surface area contributed by atoms with E-state index in [1.165, 1.54) is 0 Å². The molecule has 0 unspecified atom stereocenters. The van der Waals surface area contributed by atoms with Crippen molar-refractivity contribution in [2.24, 2.45) is 0 Å². The van der Waals surface area contributed by atoms with Gasteiger partial charge >= 0.3 is 0 Å². The standard InChI is InChI=1S/C21H16O4/c1-23-18-7-5-15-10-14(2-4-16(15)11-18)3-8-19(22)17-6-9-20-21(12-17)25-13-24-20/h2-12H,13H2,1H3. The van der Waals surface area contributed by atoms with Gasteiger partial charge in [0.25, 0.3) is 0 Å². The van der Waals surface area contributed by atoms with E-state index < -0.39 is 0 Å². The molecule has 3 aromatic carbocycles. The Morgan fingerprint density at radius 1 is 0.960 bits per heavy atom. The van der Waals surface area contributed by atoms with Crippen LogP contribution in [0.15, 0.2) is 60.7 Å². The lowest BCUT2D eigenvalue weighted by Crippen LogP contribution is -1.94. The molecular formula is C21H16O4. The Bertz CT molecular complexity index is 988. The van der Waals surface area contributed by atoms with Gasteiger partial charge in [0.2, 0.25) is 6.79 Å². The number of fused-ring (bicyclic) bond motifs is 2. The van der Waals surface area contributed by atoms with Gasteiger partial charge in [-0.05, 0) is 58.8 Å². The fourth-order valence-corrected chi connectivity index (χ4v) is 2.79. The van der Waals surface area contributed by atoms with Crippen LogP contribution in [0.1, 0.15) is 15.9 Å². The van der Waals surface area contributed by atoms with Crippen molar-refractivity contribution >= 4 is 22.6 Å². The Kier molecular flexibility index (Phi) is 3.86. The molecule has 4 nitrogen and oxygen atoms in total. The highest BCUT2D eigenvalue weighted by Crippen LogP contribution is 2.32. The maximum atomic E-state index is 12.4. The first-order valence-electron chi connectivity index (χ1n) is 7.93. The average molecular weight is 332 g/mol. The van der Waals surface area contributed by atoms with E-state index in [1.54, 1.807) is 31.4 Å². The largest absolute Gasteiger partial charge is 0.497 e. The molecule has 0 spiro atoms. The lowest BCUT2D eigenvalue weighted by molar-refractivity contribution is 0.104. The molecule has 124 valence electrons. The Morgan fingerprint density at radius 3 is 2.64 bits per heavy atom.